The number of aromatic nitrogens is 1. The number of hydrogen-bond acceptors (Lipinski definition) is 4. The molecule has 3 rings (SSSR count). The molecule has 1 N–H and O–H groups in total. The molecule has 0 unspecified atom stereocenters. The van der Waals surface area contributed by atoms with Gasteiger partial charge in [0, 0.05) is 23.9 Å². The van der Waals surface area contributed by atoms with Crippen molar-refractivity contribution in [3.05, 3.63) is 58.9 Å². The summed E-state index contributed by atoms with van der Waals surface area (Å²) in [6, 6.07) is 7.77. The number of carbonyl (C=O) groups is 1. The lowest BCUT2D eigenvalue weighted by atomic mass is 9.95. The largest absolute Gasteiger partial charge is 0.496 e. The number of amides is 1. The molecule has 1 aromatic carbocycles. The monoisotopic (exact) mass is 340 g/mol. The van der Waals surface area contributed by atoms with Gasteiger partial charge in [0.2, 0.25) is 0 Å². The third kappa shape index (κ3) is 3.99. The van der Waals surface area contributed by atoms with Crippen LogP contribution in [0.3, 0.4) is 0 Å². The molecule has 1 fully saturated rings. The minimum absolute atomic E-state index is 0.0170. The van der Waals surface area contributed by atoms with E-state index >= 15 is 0 Å². The Morgan fingerprint density at radius 3 is 2.56 bits per heavy atom. The molecular formula is C20H24N2O3. The molecule has 2 aromatic rings. The van der Waals surface area contributed by atoms with Gasteiger partial charge in [0.1, 0.15) is 5.75 Å². The fourth-order valence-electron chi connectivity index (χ4n) is 3.44. The van der Waals surface area contributed by atoms with Gasteiger partial charge in [0.25, 0.3) is 5.91 Å². The minimum Gasteiger partial charge on any atom is -0.496 e. The molecule has 25 heavy (non-hydrogen) atoms. The molecule has 0 bridgehead atoms. The summed E-state index contributed by atoms with van der Waals surface area (Å²) >= 11 is 0. The van der Waals surface area contributed by atoms with Crippen molar-refractivity contribution < 1.29 is 14.3 Å². The van der Waals surface area contributed by atoms with Gasteiger partial charge in [-0.15, -0.1) is 0 Å². The summed E-state index contributed by atoms with van der Waals surface area (Å²) in [7, 11) is 1.65. The number of aryl methyl sites for hydroxylation is 2. The third-order valence-electron chi connectivity index (χ3n) is 4.69. The molecule has 5 heteroatoms. The lowest BCUT2D eigenvalue weighted by Gasteiger charge is -2.20. The molecule has 1 aromatic heterocycles. The van der Waals surface area contributed by atoms with Crippen molar-refractivity contribution in [2.24, 2.45) is 5.92 Å². The minimum atomic E-state index is -0.0657. The number of nitrogens with one attached hydrogen (secondary N) is 1. The van der Waals surface area contributed by atoms with Crippen LogP contribution in [0.5, 0.6) is 5.75 Å². The van der Waals surface area contributed by atoms with E-state index in [1.165, 1.54) is 5.56 Å². The topological polar surface area (TPSA) is 60.5 Å². The van der Waals surface area contributed by atoms with Crippen LogP contribution in [0.25, 0.3) is 0 Å². The molecule has 0 saturated carbocycles. The van der Waals surface area contributed by atoms with Crippen LogP contribution >= 0.6 is 0 Å². The summed E-state index contributed by atoms with van der Waals surface area (Å²) < 4.78 is 11.0. The average molecular weight is 340 g/mol. The van der Waals surface area contributed by atoms with Crippen molar-refractivity contribution in [3.8, 4) is 5.75 Å². The Bertz CT molecular complexity index is 723. The van der Waals surface area contributed by atoms with Gasteiger partial charge in [-0.3, -0.25) is 9.78 Å². The van der Waals surface area contributed by atoms with Gasteiger partial charge in [-0.05, 0) is 61.2 Å². The predicted molar refractivity (Wildman–Crippen MR) is 96.0 cm³/mol. The van der Waals surface area contributed by atoms with Crippen molar-refractivity contribution >= 4 is 5.91 Å². The first-order valence-corrected chi connectivity index (χ1v) is 8.51. The number of ether oxygens (including phenoxy) is 2. The van der Waals surface area contributed by atoms with Crippen LogP contribution in [0, 0.1) is 19.8 Å². The van der Waals surface area contributed by atoms with E-state index in [9.17, 15) is 4.79 Å². The van der Waals surface area contributed by atoms with Crippen molar-refractivity contribution in [1.82, 2.24) is 10.3 Å². The lowest BCUT2D eigenvalue weighted by Crippen LogP contribution is -2.40. The van der Waals surface area contributed by atoms with Gasteiger partial charge in [-0.25, -0.2) is 0 Å². The number of nitrogens with zero attached hydrogens (tertiary/aromatic N) is 1. The van der Waals surface area contributed by atoms with E-state index in [1.54, 1.807) is 19.5 Å². The zero-order valence-corrected chi connectivity index (χ0v) is 14.9. The first-order valence-electron chi connectivity index (χ1n) is 8.51. The zero-order valence-electron chi connectivity index (χ0n) is 14.9. The normalized spacial score (nSPS) is 19.6. The number of hydrogen-bond donors (Lipinski definition) is 1. The van der Waals surface area contributed by atoms with Crippen molar-refractivity contribution in [2.75, 3.05) is 20.3 Å². The second kappa shape index (κ2) is 7.66. The first-order chi connectivity index (χ1) is 12.1. The molecule has 0 aliphatic carbocycles. The maximum Gasteiger partial charge on any atom is 0.251 e. The van der Waals surface area contributed by atoms with E-state index in [-0.39, 0.29) is 17.9 Å². The highest BCUT2D eigenvalue weighted by Gasteiger charge is 2.30. The van der Waals surface area contributed by atoms with Crippen LogP contribution in [-0.4, -0.2) is 37.3 Å². The molecule has 1 aliphatic rings. The Balaban J connectivity index is 1.69. The van der Waals surface area contributed by atoms with Crippen LogP contribution in [0.4, 0.5) is 0 Å². The Labute approximate surface area is 148 Å². The summed E-state index contributed by atoms with van der Waals surface area (Å²) in [5.41, 5.74) is 3.79. The molecule has 1 amide bonds. The fourth-order valence-corrected chi connectivity index (χ4v) is 3.44. The van der Waals surface area contributed by atoms with Gasteiger partial charge < -0.3 is 14.8 Å². The summed E-state index contributed by atoms with van der Waals surface area (Å²) in [5.74, 6) is 1.03. The van der Waals surface area contributed by atoms with Crippen LogP contribution in [0.1, 0.15) is 27.0 Å². The Morgan fingerprint density at radius 2 is 1.92 bits per heavy atom. The summed E-state index contributed by atoms with van der Waals surface area (Å²) in [5, 5.41) is 3.14. The lowest BCUT2D eigenvalue weighted by molar-refractivity contribution is 0.0925. The molecule has 0 spiro atoms. The maximum atomic E-state index is 12.7. The molecule has 2 atom stereocenters. The highest BCUT2D eigenvalue weighted by Crippen LogP contribution is 2.25. The smallest absolute Gasteiger partial charge is 0.251 e. The second-order valence-corrected chi connectivity index (χ2v) is 6.58. The molecule has 5 nitrogen and oxygen atoms in total. The fraction of sp³-hybridized carbons (Fsp3) is 0.400. The highest BCUT2D eigenvalue weighted by atomic mass is 16.5. The number of methoxy groups -OCH3 is 1. The molecule has 132 valence electrons. The summed E-state index contributed by atoms with van der Waals surface area (Å²) in [6.45, 7) is 5.12. The Morgan fingerprint density at radius 1 is 1.24 bits per heavy atom. The number of benzene rings is 1. The molecule has 1 saturated heterocycles. The van der Waals surface area contributed by atoms with Crippen LogP contribution < -0.4 is 10.1 Å². The number of pyridine rings is 1. The first kappa shape index (κ1) is 17.4. The van der Waals surface area contributed by atoms with E-state index in [4.69, 9.17) is 9.47 Å². The van der Waals surface area contributed by atoms with Crippen LogP contribution in [0.2, 0.25) is 0 Å². The quantitative estimate of drug-likeness (QED) is 0.909. The molecule has 2 heterocycles. The molecular weight excluding hydrogens is 316 g/mol. The van der Waals surface area contributed by atoms with Gasteiger partial charge in [-0.1, -0.05) is 0 Å². The van der Waals surface area contributed by atoms with E-state index in [0.29, 0.717) is 18.8 Å². The number of carbonyl (C=O) groups excluding carboxylic acids is 1. The number of rotatable bonds is 5. The standard InChI is InChI=1S/C20H24N2O3/c1-13-8-16(9-14(2)19(13)24-3)20(23)22-18-12-25-11-17(18)10-15-4-6-21-7-5-15/h4-9,17-18H,10-12H2,1-3H3,(H,22,23)/t17-,18+/m1/s1. The average Bonchev–Trinajstić information content (AvgIpc) is 3.02. The van der Waals surface area contributed by atoms with E-state index < -0.39 is 0 Å². The van der Waals surface area contributed by atoms with Crippen molar-refractivity contribution in [3.63, 3.8) is 0 Å². The van der Waals surface area contributed by atoms with E-state index in [2.05, 4.69) is 10.3 Å². The third-order valence-corrected chi connectivity index (χ3v) is 4.69. The maximum absolute atomic E-state index is 12.7. The van der Waals surface area contributed by atoms with Crippen molar-refractivity contribution in [1.29, 1.82) is 0 Å². The molecule has 0 radical (unpaired) electrons. The SMILES string of the molecule is COc1c(C)cc(C(=O)N[C@H]2COC[C@H]2Cc2ccncc2)cc1C. The van der Waals surface area contributed by atoms with Gasteiger partial charge >= 0.3 is 0 Å². The zero-order chi connectivity index (χ0) is 17.8. The highest BCUT2D eigenvalue weighted by molar-refractivity contribution is 5.95. The Hall–Kier alpha value is -2.40. The van der Waals surface area contributed by atoms with E-state index in [0.717, 1.165) is 23.3 Å². The summed E-state index contributed by atoms with van der Waals surface area (Å²) in [4.78, 5) is 16.7. The summed E-state index contributed by atoms with van der Waals surface area (Å²) in [6.07, 6.45) is 4.46. The Kier molecular flexibility index (Phi) is 5.34. The van der Waals surface area contributed by atoms with Crippen LogP contribution in [-0.2, 0) is 11.2 Å². The second-order valence-electron chi connectivity index (χ2n) is 6.58. The van der Waals surface area contributed by atoms with Gasteiger partial charge in [-0.2, -0.15) is 0 Å². The van der Waals surface area contributed by atoms with Gasteiger partial charge in [0.05, 0.1) is 26.4 Å². The molecule has 1 aliphatic heterocycles. The van der Waals surface area contributed by atoms with Crippen molar-refractivity contribution in [2.45, 2.75) is 26.3 Å². The van der Waals surface area contributed by atoms with E-state index in [1.807, 2.05) is 38.1 Å². The predicted octanol–water partition coefficient (Wildman–Crippen LogP) is 2.69. The van der Waals surface area contributed by atoms with Crippen LogP contribution in [0.15, 0.2) is 36.7 Å². The van der Waals surface area contributed by atoms with Gasteiger partial charge in [0.15, 0.2) is 0 Å².